The minimum atomic E-state index is -4.40. The Hall–Kier alpha value is -2.39. The third-order valence-corrected chi connectivity index (χ3v) is 2.34. The average Bonchev–Trinajstić information content (AvgIpc) is 2.32. The van der Waals surface area contributed by atoms with Crippen LogP contribution in [0.5, 0.6) is 5.75 Å². The van der Waals surface area contributed by atoms with Crippen LogP contribution in [0.25, 0.3) is 0 Å². The van der Waals surface area contributed by atoms with Crippen molar-refractivity contribution in [3.05, 3.63) is 33.6 Å². The van der Waals surface area contributed by atoms with E-state index in [4.69, 9.17) is 9.84 Å². The average molecular weight is 311 g/mol. The van der Waals surface area contributed by atoms with Crippen molar-refractivity contribution in [1.82, 2.24) is 0 Å². The maximum atomic E-state index is 13.4. The maximum Gasteiger partial charge on any atom is 0.389 e. The lowest BCUT2D eigenvalue weighted by Gasteiger charge is -2.09. The summed E-state index contributed by atoms with van der Waals surface area (Å²) in [5.41, 5.74) is -1.76. The van der Waals surface area contributed by atoms with Crippen LogP contribution in [0.3, 0.4) is 0 Å². The van der Waals surface area contributed by atoms with E-state index in [1.165, 1.54) is 0 Å². The molecular weight excluding hydrogens is 302 g/mol. The Bertz CT molecular complexity index is 558. The van der Waals surface area contributed by atoms with Crippen LogP contribution < -0.4 is 4.74 Å². The van der Waals surface area contributed by atoms with E-state index in [2.05, 4.69) is 0 Å². The lowest BCUT2D eigenvalue weighted by molar-refractivity contribution is -0.386. The summed E-state index contributed by atoms with van der Waals surface area (Å²) < 4.78 is 53.8. The molecule has 0 saturated carbocycles. The van der Waals surface area contributed by atoms with Crippen LogP contribution in [0.4, 0.5) is 23.2 Å². The van der Waals surface area contributed by atoms with Crippen LogP contribution in [0.2, 0.25) is 0 Å². The number of ether oxygens (including phenoxy) is 1. The fraction of sp³-hybridized carbons (Fsp3) is 0.364. The second-order valence-corrected chi connectivity index (χ2v) is 3.93. The smallest absolute Gasteiger partial charge is 0.389 e. The third kappa shape index (κ3) is 4.89. The normalized spacial score (nSPS) is 11.2. The summed E-state index contributed by atoms with van der Waals surface area (Å²) in [6.07, 6.45) is -6.02. The Morgan fingerprint density at radius 2 is 2.00 bits per heavy atom. The molecule has 0 amide bonds. The van der Waals surface area contributed by atoms with Gasteiger partial charge >= 0.3 is 17.8 Å². The second-order valence-electron chi connectivity index (χ2n) is 3.93. The fourth-order valence-electron chi connectivity index (χ4n) is 1.42. The Kier molecular flexibility index (Phi) is 5.06. The predicted octanol–water partition coefficient (Wildman–Crippen LogP) is 3.15. The van der Waals surface area contributed by atoms with E-state index in [0.29, 0.717) is 12.1 Å². The van der Waals surface area contributed by atoms with Crippen molar-refractivity contribution in [3.63, 3.8) is 0 Å². The zero-order valence-corrected chi connectivity index (χ0v) is 10.3. The lowest BCUT2D eigenvalue weighted by atomic mass is 10.1. The standard InChI is InChI=1S/C11H9F4NO5/c12-7-5-9(21-3-1-2-11(13,14)15)8(16(19)20)4-6(7)10(17)18/h4-5H,1-3H2,(H,17,18). The van der Waals surface area contributed by atoms with Crippen molar-refractivity contribution in [2.75, 3.05) is 6.61 Å². The van der Waals surface area contributed by atoms with Crippen LogP contribution in [-0.4, -0.2) is 28.8 Å². The van der Waals surface area contributed by atoms with E-state index in [0.717, 1.165) is 0 Å². The SMILES string of the molecule is O=C(O)c1cc([N+](=O)[O-])c(OCCCC(F)(F)F)cc1F. The summed E-state index contributed by atoms with van der Waals surface area (Å²) in [6, 6.07) is 0.923. The number of nitro groups is 1. The maximum absolute atomic E-state index is 13.4. The van der Waals surface area contributed by atoms with Gasteiger partial charge in [-0.1, -0.05) is 0 Å². The van der Waals surface area contributed by atoms with E-state index in [9.17, 15) is 32.5 Å². The molecule has 6 nitrogen and oxygen atoms in total. The van der Waals surface area contributed by atoms with Gasteiger partial charge in [-0.2, -0.15) is 13.2 Å². The van der Waals surface area contributed by atoms with Crippen molar-refractivity contribution >= 4 is 11.7 Å². The van der Waals surface area contributed by atoms with Crippen LogP contribution in [0.1, 0.15) is 23.2 Å². The molecule has 0 radical (unpaired) electrons. The summed E-state index contributed by atoms with van der Waals surface area (Å²) in [7, 11) is 0. The summed E-state index contributed by atoms with van der Waals surface area (Å²) >= 11 is 0. The van der Waals surface area contributed by atoms with Gasteiger partial charge in [0.25, 0.3) is 0 Å². The first-order valence-corrected chi connectivity index (χ1v) is 5.52. The number of hydrogen-bond acceptors (Lipinski definition) is 4. The highest BCUT2D eigenvalue weighted by molar-refractivity contribution is 5.89. The molecule has 0 bridgehead atoms. The number of carbonyl (C=O) groups is 1. The van der Waals surface area contributed by atoms with Gasteiger partial charge in [-0.05, 0) is 6.42 Å². The highest BCUT2D eigenvalue weighted by Crippen LogP contribution is 2.30. The molecule has 116 valence electrons. The van der Waals surface area contributed by atoms with Gasteiger partial charge in [0.1, 0.15) is 11.4 Å². The molecule has 21 heavy (non-hydrogen) atoms. The number of alkyl halides is 3. The molecule has 0 heterocycles. The Labute approximate surface area is 115 Å². The highest BCUT2D eigenvalue weighted by atomic mass is 19.4. The predicted molar refractivity (Wildman–Crippen MR) is 60.8 cm³/mol. The first-order chi connectivity index (χ1) is 9.61. The van der Waals surface area contributed by atoms with Crippen molar-refractivity contribution in [1.29, 1.82) is 0 Å². The van der Waals surface area contributed by atoms with Crippen LogP contribution >= 0.6 is 0 Å². The molecule has 10 heteroatoms. The summed E-state index contributed by atoms with van der Waals surface area (Å²) in [4.78, 5) is 20.4. The van der Waals surface area contributed by atoms with Crippen LogP contribution in [0.15, 0.2) is 12.1 Å². The zero-order valence-electron chi connectivity index (χ0n) is 10.3. The van der Waals surface area contributed by atoms with E-state index in [1.54, 1.807) is 0 Å². The Morgan fingerprint density at radius 1 is 1.38 bits per heavy atom. The minimum Gasteiger partial charge on any atom is -0.487 e. The van der Waals surface area contributed by atoms with Crippen molar-refractivity contribution in [2.24, 2.45) is 0 Å². The minimum absolute atomic E-state index is 0.455. The topological polar surface area (TPSA) is 89.7 Å². The fourth-order valence-corrected chi connectivity index (χ4v) is 1.42. The van der Waals surface area contributed by atoms with Gasteiger partial charge in [0.2, 0.25) is 0 Å². The van der Waals surface area contributed by atoms with Crippen LogP contribution in [0, 0.1) is 15.9 Å². The van der Waals surface area contributed by atoms with E-state index in [1.807, 2.05) is 0 Å². The molecule has 0 spiro atoms. The largest absolute Gasteiger partial charge is 0.487 e. The van der Waals surface area contributed by atoms with E-state index >= 15 is 0 Å². The number of nitro benzene ring substituents is 1. The molecule has 1 aromatic carbocycles. The van der Waals surface area contributed by atoms with Gasteiger partial charge in [0, 0.05) is 18.6 Å². The molecule has 0 unspecified atom stereocenters. The Morgan fingerprint density at radius 3 is 2.48 bits per heavy atom. The Balaban J connectivity index is 2.89. The van der Waals surface area contributed by atoms with Crippen LogP contribution in [-0.2, 0) is 0 Å². The van der Waals surface area contributed by atoms with E-state index < -0.39 is 59.3 Å². The molecule has 0 saturated heterocycles. The highest BCUT2D eigenvalue weighted by Gasteiger charge is 2.27. The molecule has 1 N–H and O–H groups in total. The molecular formula is C11H9F4NO5. The number of carboxylic acids is 1. The number of nitrogens with zero attached hydrogens (tertiary/aromatic N) is 1. The molecule has 0 atom stereocenters. The monoisotopic (exact) mass is 311 g/mol. The van der Waals surface area contributed by atoms with Crippen molar-refractivity contribution < 1.29 is 37.1 Å². The second kappa shape index (κ2) is 6.37. The van der Waals surface area contributed by atoms with Crippen molar-refractivity contribution in [3.8, 4) is 5.75 Å². The zero-order chi connectivity index (χ0) is 16.2. The van der Waals surface area contributed by atoms with Gasteiger partial charge in [0.15, 0.2) is 5.75 Å². The number of carboxylic acid groups (broad SMARTS) is 1. The molecule has 0 aromatic heterocycles. The summed E-state index contributed by atoms with van der Waals surface area (Å²) in [6.45, 7) is -0.522. The first kappa shape index (κ1) is 16.7. The number of aromatic carboxylic acids is 1. The molecule has 0 aliphatic rings. The molecule has 1 rings (SSSR count). The van der Waals surface area contributed by atoms with Gasteiger partial charge in [0.05, 0.1) is 11.5 Å². The van der Waals surface area contributed by atoms with Gasteiger partial charge in [-0.15, -0.1) is 0 Å². The molecule has 0 aliphatic heterocycles. The van der Waals surface area contributed by atoms with Gasteiger partial charge in [-0.3, -0.25) is 10.1 Å². The molecule has 0 fully saturated rings. The quantitative estimate of drug-likeness (QED) is 0.377. The molecule has 1 aromatic rings. The summed E-state index contributed by atoms with van der Waals surface area (Å²) in [5, 5.41) is 19.4. The number of benzene rings is 1. The number of rotatable bonds is 6. The summed E-state index contributed by atoms with van der Waals surface area (Å²) in [5.74, 6) is -3.61. The number of hydrogen-bond donors (Lipinski definition) is 1. The number of halogens is 4. The van der Waals surface area contributed by atoms with Crippen molar-refractivity contribution in [2.45, 2.75) is 19.0 Å². The van der Waals surface area contributed by atoms with E-state index in [-0.39, 0.29) is 0 Å². The van der Waals surface area contributed by atoms with Gasteiger partial charge in [-0.25, -0.2) is 9.18 Å². The van der Waals surface area contributed by atoms with Gasteiger partial charge < -0.3 is 9.84 Å². The first-order valence-electron chi connectivity index (χ1n) is 5.52. The lowest BCUT2D eigenvalue weighted by Crippen LogP contribution is -2.10. The third-order valence-electron chi connectivity index (χ3n) is 2.34. The molecule has 0 aliphatic carbocycles.